The van der Waals surface area contributed by atoms with Crippen LogP contribution in [0, 0.1) is 15.9 Å². The Balaban J connectivity index is 3.03. The van der Waals surface area contributed by atoms with Gasteiger partial charge < -0.3 is 10.1 Å². The van der Waals surface area contributed by atoms with E-state index in [1.165, 1.54) is 0 Å². The molecule has 104 valence electrons. The molecule has 1 N–H and O–H groups in total. The number of nitro groups is 1. The van der Waals surface area contributed by atoms with Crippen LogP contribution >= 0.6 is 11.6 Å². The Morgan fingerprint density at radius 2 is 2.05 bits per heavy atom. The molecule has 0 radical (unpaired) electrons. The standard InChI is InChI=1S/C11H12ClFN2O4/c1-11(2,3)14-10(16)19-9-4-6(12)7(13)5-8(9)15(17)18/h4-5H,1-3H3,(H,14,16). The summed E-state index contributed by atoms with van der Waals surface area (Å²) in [4.78, 5) is 21.4. The molecule has 19 heavy (non-hydrogen) atoms. The molecule has 0 saturated heterocycles. The number of amides is 1. The normalized spacial score (nSPS) is 11.0. The van der Waals surface area contributed by atoms with Crippen LogP contribution in [0.25, 0.3) is 0 Å². The molecule has 0 saturated carbocycles. The lowest BCUT2D eigenvalue weighted by Gasteiger charge is -2.19. The largest absolute Gasteiger partial charge is 0.413 e. The molecule has 0 atom stereocenters. The molecule has 8 heteroatoms. The van der Waals surface area contributed by atoms with Gasteiger partial charge in [-0.1, -0.05) is 11.6 Å². The number of rotatable bonds is 2. The van der Waals surface area contributed by atoms with E-state index < -0.39 is 33.8 Å². The lowest BCUT2D eigenvalue weighted by atomic mass is 10.1. The first-order valence-corrected chi connectivity index (χ1v) is 5.61. The van der Waals surface area contributed by atoms with Gasteiger partial charge in [-0.3, -0.25) is 10.1 Å². The highest BCUT2D eigenvalue weighted by Gasteiger charge is 2.23. The zero-order valence-corrected chi connectivity index (χ0v) is 11.2. The Hall–Kier alpha value is -1.89. The fourth-order valence-electron chi connectivity index (χ4n) is 1.17. The molecule has 0 bridgehead atoms. The lowest BCUT2D eigenvalue weighted by Crippen LogP contribution is -2.42. The molecule has 1 rings (SSSR count). The van der Waals surface area contributed by atoms with Crippen molar-refractivity contribution in [3.8, 4) is 5.75 Å². The summed E-state index contributed by atoms with van der Waals surface area (Å²) >= 11 is 5.50. The highest BCUT2D eigenvalue weighted by atomic mass is 35.5. The summed E-state index contributed by atoms with van der Waals surface area (Å²) in [5.41, 5.74) is -1.25. The number of carbonyl (C=O) groups excluding carboxylic acids is 1. The summed E-state index contributed by atoms with van der Waals surface area (Å²) in [5.74, 6) is -1.38. The second-order valence-electron chi connectivity index (χ2n) is 4.76. The van der Waals surface area contributed by atoms with Crippen molar-refractivity contribution < 1.29 is 18.8 Å². The van der Waals surface area contributed by atoms with E-state index in [0.29, 0.717) is 6.07 Å². The van der Waals surface area contributed by atoms with Crippen molar-refractivity contribution in [2.24, 2.45) is 0 Å². The molecule has 1 amide bonds. The molecule has 0 aliphatic carbocycles. The molecule has 0 aromatic heterocycles. The number of benzene rings is 1. The fourth-order valence-corrected chi connectivity index (χ4v) is 1.33. The quantitative estimate of drug-likeness (QED) is 0.669. The van der Waals surface area contributed by atoms with Gasteiger partial charge in [-0.15, -0.1) is 0 Å². The van der Waals surface area contributed by atoms with E-state index in [9.17, 15) is 19.3 Å². The van der Waals surface area contributed by atoms with Gasteiger partial charge in [-0.2, -0.15) is 0 Å². The first-order valence-electron chi connectivity index (χ1n) is 5.23. The van der Waals surface area contributed by atoms with E-state index in [1.807, 2.05) is 0 Å². The zero-order chi connectivity index (χ0) is 14.8. The number of nitrogens with zero attached hydrogens (tertiary/aromatic N) is 1. The summed E-state index contributed by atoms with van der Waals surface area (Å²) in [6.45, 7) is 5.13. The minimum atomic E-state index is -0.961. The van der Waals surface area contributed by atoms with Crippen LogP contribution in [0.2, 0.25) is 5.02 Å². The van der Waals surface area contributed by atoms with Gasteiger partial charge in [0.05, 0.1) is 16.0 Å². The molecule has 0 unspecified atom stereocenters. The minimum Gasteiger partial charge on any atom is -0.403 e. The molecule has 1 aromatic rings. The zero-order valence-electron chi connectivity index (χ0n) is 10.5. The van der Waals surface area contributed by atoms with Crippen LogP contribution in [0.1, 0.15) is 20.8 Å². The highest BCUT2D eigenvalue weighted by Crippen LogP contribution is 2.32. The minimum absolute atomic E-state index is 0.371. The number of hydrogen-bond donors (Lipinski definition) is 1. The maximum atomic E-state index is 13.1. The smallest absolute Gasteiger partial charge is 0.403 e. The van der Waals surface area contributed by atoms with Gasteiger partial charge in [0.1, 0.15) is 5.82 Å². The molecule has 0 aliphatic heterocycles. The van der Waals surface area contributed by atoms with Gasteiger partial charge in [0.2, 0.25) is 5.75 Å². The molecule has 6 nitrogen and oxygen atoms in total. The molecule has 1 aromatic carbocycles. The summed E-state index contributed by atoms with van der Waals surface area (Å²) in [5, 5.41) is 12.8. The lowest BCUT2D eigenvalue weighted by molar-refractivity contribution is -0.385. The molecule has 0 heterocycles. The van der Waals surface area contributed by atoms with Crippen molar-refractivity contribution in [1.29, 1.82) is 0 Å². The number of carbonyl (C=O) groups is 1. The third kappa shape index (κ3) is 4.36. The number of halogens is 2. The second-order valence-corrected chi connectivity index (χ2v) is 5.16. The second kappa shape index (κ2) is 5.40. The average Bonchev–Trinajstić information content (AvgIpc) is 2.19. The Morgan fingerprint density at radius 3 is 2.53 bits per heavy atom. The first-order chi connectivity index (χ1) is 8.60. The summed E-state index contributed by atoms with van der Waals surface area (Å²) < 4.78 is 17.9. The maximum Gasteiger partial charge on any atom is 0.413 e. The Bertz CT molecular complexity index is 528. The van der Waals surface area contributed by atoms with Gasteiger partial charge in [-0.25, -0.2) is 9.18 Å². The van der Waals surface area contributed by atoms with Gasteiger partial charge in [-0.05, 0) is 20.8 Å². The average molecular weight is 291 g/mol. The van der Waals surface area contributed by atoms with Crippen LogP contribution in [-0.2, 0) is 0 Å². The van der Waals surface area contributed by atoms with Gasteiger partial charge in [0, 0.05) is 11.6 Å². The number of hydrogen-bond acceptors (Lipinski definition) is 4. The van der Waals surface area contributed by atoms with Crippen molar-refractivity contribution in [1.82, 2.24) is 5.32 Å². The molecule has 0 aliphatic rings. The first kappa shape index (κ1) is 15.2. The topological polar surface area (TPSA) is 81.5 Å². The summed E-state index contributed by atoms with van der Waals surface area (Å²) in [6, 6.07) is 1.49. The van der Waals surface area contributed by atoms with Crippen molar-refractivity contribution in [2.75, 3.05) is 0 Å². The monoisotopic (exact) mass is 290 g/mol. The van der Waals surface area contributed by atoms with E-state index in [-0.39, 0.29) is 5.02 Å². The van der Waals surface area contributed by atoms with E-state index >= 15 is 0 Å². The third-order valence-corrected chi connectivity index (χ3v) is 2.17. The molecule has 0 spiro atoms. The number of ether oxygens (including phenoxy) is 1. The van der Waals surface area contributed by atoms with Crippen LogP contribution in [0.5, 0.6) is 5.75 Å². The van der Waals surface area contributed by atoms with Crippen LogP contribution < -0.4 is 10.1 Å². The predicted molar refractivity (Wildman–Crippen MR) is 67.0 cm³/mol. The van der Waals surface area contributed by atoms with Gasteiger partial charge >= 0.3 is 11.8 Å². The van der Waals surface area contributed by atoms with Crippen LogP contribution in [-0.4, -0.2) is 16.6 Å². The Labute approximate surface area is 113 Å². The Morgan fingerprint density at radius 1 is 1.47 bits per heavy atom. The molecular formula is C11H12ClFN2O4. The maximum absolute atomic E-state index is 13.1. The van der Waals surface area contributed by atoms with Crippen molar-refractivity contribution in [2.45, 2.75) is 26.3 Å². The van der Waals surface area contributed by atoms with Crippen LogP contribution in [0.3, 0.4) is 0 Å². The van der Waals surface area contributed by atoms with Crippen molar-refractivity contribution >= 4 is 23.4 Å². The fraction of sp³-hybridized carbons (Fsp3) is 0.364. The van der Waals surface area contributed by atoms with Gasteiger partial charge in [0.25, 0.3) is 0 Å². The molecule has 0 fully saturated rings. The number of nitro benzene ring substituents is 1. The Kier molecular flexibility index (Phi) is 4.31. The van der Waals surface area contributed by atoms with E-state index in [1.54, 1.807) is 20.8 Å². The highest BCUT2D eigenvalue weighted by molar-refractivity contribution is 6.31. The summed E-state index contributed by atoms with van der Waals surface area (Å²) in [6.07, 6.45) is -0.890. The third-order valence-electron chi connectivity index (χ3n) is 1.88. The van der Waals surface area contributed by atoms with E-state index in [2.05, 4.69) is 5.32 Å². The predicted octanol–water partition coefficient (Wildman–Crippen LogP) is 3.27. The SMILES string of the molecule is CC(C)(C)NC(=O)Oc1cc(Cl)c(F)cc1[N+](=O)[O-]. The van der Waals surface area contributed by atoms with Crippen molar-refractivity contribution in [3.05, 3.63) is 33.1 Å². The van der Waals surface area contributed by atoms with Crippen LogP contribution in [0.4, 0.5) is 14.9 Å². The summed E-state index contributed by atoms with van der Waals surface area (Å²) in [7, 11) is 0. The molecular weight excluding hydrogens is 279 g/mol. The number of nitrogens with one attached hydrogen (secondary N) is 1. The van der Waals surface area contributed by atoms with Gasteiger partial charge in [0.15, 0.2) is 0 Å². The van der Waals surface area contributed by atoms with Crippen LogP contribution in [0.15, 0.2) is 12.1 Å². The van der Waals surface area contributed by atoms with Crippen molar-refractivity contribution in [3.63, 3.8) is 0 Å². The van der Waals surface area contributed by atoms with E-state index in [4.69, 9.17) is 16.3 Å². The van der Waals surface area contributed by atoms with E-state index in [0.717, 1.165) is 6.07 Å².